The number of nitrogens with zero attached hydrogens (tertiary/aromatic N) is 6. The summed E-state index contributed by atoms with van der Waals surface area (Å²) in [5.74, 6) is 0.882. The Hall–Kier alpha value is -3.25. The monoisotopic (exact) mass is 411 g/mol. The van der Waals surface area contributed by atoms with Crippen LogP contribution in [0.3, 0.4) is 0 Å². The van der Waals surface area contributed by atoms with Crippen LogP contribution in [0.25, 0.3) is 16.6 Å². The van der Waals surface area contributed by atoms with Crippen molar-refractivity contribution in [2.45, 2.75) is 6.61 Å². The smallest absolute Gasteiger partial charge is 0.142 e. The molecule has 138 valence electrons. The van der Waals surface area contributed by atoms with Gasteiger partial charge in [0.15, 0.2) is 0 Å². The summed E-state index contributed by atoms with van der Waals surface area (Å²) >= 11 is 12.6. The minimum atomic E-state index is -0.212. The number of fused-ring (bicyclic) bond motifs is 1. The summed E-state index contributed by atoms with van der Waals surface area (Å²) in [6, 6.07) is 8.82. The topological polar surface area (TPSA) is 113 Å². The van der Waals surface area contributed by atoms with Crippen molar-refractivity contribution in [1.82, 2.24) is 24.7 Å². The van der Waals surface area contributed by atoms with E-state index in [9.17, 15) is 10.4 Å². The van der Waals surface area contributed by atoms with Crippen molar-refractivity contribution in [2.24, 2.45) is 0 Å². The minimum absolute atomic E-state index is 0.212. The molecule has 3 heterocycles. The fraction of sp³-hybridized carbons (Fsp3) is 0.0556. The molecule has 0 saturated carbocycles. The Labute approximate surface area is 169 Å². The molecule has 0 spiro atoms. The van der Waals surface area contributed by atoms with Crippen LogP contribution in [0.2, 0.25) is 10.0 Å². The number of rotatable bonds is 4. The Morgan fingerprint density at radius 3 is 2.68 bits per heavy atom. The number of aliphatic hydroxyl groups excluding tert-OH is 1. The van der Waals surface area contributed by atoms with Gasteiger partial charge in [0.05, 0.1) is 33.3 Å². The quantitative estimate of drug-likeness (QED) is 0.526. The number of benzene rings is 1. The van der Waals surface area contributed by atoms with Crippen LogP contribution in [-0.2, 0) is 6.61 Å². The van der Waals surface area contributed by atoms with Crippen LogP contribution in [0.5, 0.6) is 0 Å². The number of hydrogen-bond acceptors (Lipinski definition) is 7. The minimum Gasteiger partial charge on any atom is -0.390 e. The molecule has 0 aliphatic rings. The van der Waals surface area contributed by atoms with E-state index in [0.29, 0.717) is 49.5 Å². The van der Waals surface area contributed by atoms with E-state index in [1.807, 2.05) is 0 Å². The Morgan fingerprint density at radius 2 is 1.96 bits per heavy atom. The van der Waals surface area contributed by atoms with Gasteiger partial charge in [-0.15, -0.1) is 0 Å². The Bertz CT molecular complexity index is 1210. The maximum atomic E-state index is 9.41. The molecule has 4 rings (SSSR count). The van der Waals surface area contributed by atoms with E-state index >= 15 is 0 Å². The Morgan fingerprint density at radius 1 is 1.18 bits per heavy atom. The summed E-state index contributed by atoms with van der Waals surface area (Å²) in [6.07, 6.45) is 4.44. The summed E-state index contributed by atoms with van der Waals surface area (Å²) in [7, 11) is 0. The average Bonchev–Trinajstić information content (AvgIpc) is 3.13. The number of aromatic nitrogens is 5. The van der Waals surface area contributed by atoms with Crippen LogP contribution in [0.4, 0.5) is 11.6 Å². The van der Waals surface area contributed by atoms with E-state index in [4.69, 9.17) is 23.2 Å². The number of anilines is 2. The molecule has 0 amide bonds. The number of halogens is 2. The highest BCUT2D eigenvalue weighted by Crippen LogP contribution is 2.32. The third-order valence-corrected chi connectivity index (χ3v) is 4.58. The van der Waals surface area contributed by atoms with Gasteiger partial charge in [0.2, 0.25) is 0 Å². The second kappa shape index (κ2) is 7.40. The van der Waals surface area contributed by atoms with Gasteiger partial charge in [0, 0.05) is 18.5 Å². The first kappa shape index (κ1) is 18.1. The van der Waals surface area contributed by atoms with Crippen molar-refractivity contribution in [3.05, 3.63) is 64.3 Å². The summed E-state index contributed by atoms with van der Waals surface area (Å²) in [5, 5.41) is 27.6. The lowest BCUT2D eigenvalue weighted by atomic mass is 10.2. The van der Waals surface area contributed by atoms with E-state index in [1.54, 1.807) is 30.5 Å². The fourth-order valence-corrected chi connectivity index (χ4v) is 3.25. The molecule has 0 saturated heterocycles. The third-order valence-electron chi connectivity index (χ3n) is 3.97. The number of nitriles is 1. The molecular formula is C18H11Cl2N7O. The van der Waals surface area contributed by atoms with Gasteiger partial charge >= 0.3 is 0 Å². The van der Waals surface area contributed by atoms with Crippen molar-refractivity contribution in [3.63, 3.8) is 0 Å². The highest BCUT2D eigenvalue weighted by Gasteiger charge is 2.16. The molecule has 1 aromatic carbocycles. The molecule has 0 aliphatic carbocycles. The molecule has 10 heteroatoms. The van der Waals surface area contributed by atoms with Gasteiger partial charge in [0.1, 0.15) is 35.2 Å². The number of pyridine rings is 1. The third kappa shape index (κ3) is 3.23. The second-order valence-electron chi connectivity index (χ2n) is 5.72. The van der Waals surface area contributed by atoms with E-state index < -0.39 is 0 Å². The SMILES string of the molecule is N#Cc1cnc(Nc2cc(CO)ncn2)c2cn(-c3c(Cl)cccc3Cl)nc12. The predicted octanol–water partition coefficient (Wildman–Crippen LogP) is 3.62. The number of para-hydroxylation sites is 1. The Balaban J connectivity index is 1.87. The second-order valence-corrected chi connectivity index (χ2v) is 6.53. The first-order valence-corrected chi connectivity index (χ1v) is 8.78. The zero-order chi connectivity index (χ0) is 19.7. The predicted molar refractivity (Wildman–Crippen MR) is 105 cm³/mol. The zero-order valence-corrected chi connectivity index (χ0v) is 15.6. The first-order valence-electron chi connectivity index (χ1n) is 8.02. The maximum Gasteiger partial charge on any atom is 0.142 e. The lowest BCUT2D eigenvalue weighted by Crippen LogP contribution is -2.00. The normalized spacial score (nSPS) is 10.8. The van der Waals surface area contributed by atoms with E-state index in [2.05, 4.69) is 31.4 Å². The van der Waals surface area contributed by atoms with E-state index in [0.717, 1.165) is 0 Å². The van der Waals surface area contributed by atoms with Crippen LogP contribution in [0, 0.1) is 11.3 Å². The summed E-state index contributed by atoms with van der Waals surface area (Å²) in [4.78, 5) is 12.4. The van der Waals surface area contributed by atoms with Gasteiger partial charge in [-0.1, -0.05) is 29.3 Å². The van der Waals surface area contributed by atoms with Crippen LogP contribution < -0.4 is 5.32 Å². The standard InChI is InChI=1S/C18H11Cl2N7O/c19-13-2-1-3-14(20)17(13)27-7-12-16(26-27)10(5-21)6-22-18(12)25-15-4-11(8-28)23-9-24-15/h1-4,6-7,9,28H,8H2,(H,22,23,24,25). The molecule has 0 atom stereocenters. The van der Waals surface area contributed by atoms with Gasteiger partial charge in [-0.25, -0.2) is 19.6 Å². The van der Waals surface area contributed by atoms with Crippen molar-refractivity contribution in [2.75, 3.05) is 5.32 Å². The first-order chi connectivity index (χ1) is 13.6. The number of aliphatic hydroxyl groups is 1. The molecule has 28 heavy (non-hydrogen) atoms. The molecule has 0 aliphatic heterocycles. The molecule has 0 unspecified atom stereocenters. The van der Waals surface area contributed by atoms with Gasteiger partial charge < -0.3 is 10.4 Å². The van der Waals surface area contributed by atoms with E-state index in [-0.39, 0.29) is 6.61 Å². The van der Waals surface area contributed by atoms with Crippen LogP contribution in [0.15, 0.2) is 43.0 Å². The van der Waals surface area contributed by atoms with E-state index in [1.165, 1.54) is 17.2 Å². The highest BCUT2D eigenvalue weighted by molar-refractivity contribution is 6.37. The van der Waals surface area contributed by atoms with Crippen LogP contribution in [-0.4, -0.2) is 29.8 Å². The van der Waals surface area contributed by atoms with Crippen LogP contribution in [0.1, 0.15) is 11.3 Å². The molecule has 4 aromatic rings. The molecule has 0 radical (unpaired) electrons. The van der Waals surface area contributed by atoms with Gasteiger partial charge in [-0.2, -0.15) is 10.4 Å². The van der Waals surface area contributed by atoms with Gasteiger partial charge in [-0.3, -0.25) is 0 Å². The molecule has 2 N–H and O–H groups in total. The summed E-state index contributed by atoms with van der Waals surface area (Å²) in [5.41, 5.74) is 1.70. The molecule has 3 aromatic heterocycles. The maximum absolute atomic E-state index is 9.41. The van der Waals surface area contributed by atoms with Crippen molar-refractivity contribution in [1.29, 1.82) is 5.26 Å². The lowest BCUT2D eigenvalue weighted by Gasteiger charge is -2.06. The van der Waals surface area contributed by atoms with Crippen molar-refractivity contribution < 1.29 is 5.11 Å². The zero-order valence-electron chi connectivity index (χ0n) is 14.1. The Kier molecular flexibility index (Phi) is 4.79. The fourth-order valence-electron chi connectivity index (χ4n) is 2.68. The molecule has 0 fully saturated rings. The molecular weight excluding hydrogens is 401 g/mol. The summed E-state index contributed by atoms with van der Waals surface area (Å²) < 4.78 is 1.52. The average molecular weight is 412 g/mol. The summed E-state index contributed by atoms with van der Waals surface area (Å²) in [6.45, 7) is -0.212. The van der Waals surface area contributed by atoms with Gasteiger partial charge in [0.25, 0.3) is 0 Å². The molecule has 8 nitrogen and oxygen atoms in total. The largest absolute Gasteiger partial charge is 0.390 e. The van der Waals surface area contributed by atoms with Crippen molar-refractivity contribution >= 4 is 45.7 Å². The highest BCUT2D eigenvalue weighted by atomic mass is 35.5. The van der Waals surface area contributed by atoms with Crippen molar-refractivity contribution in [3.8, 4) is 11.8 Å². The molecule has 0 bridgehead atoms. The van der Waals surface area contributed by atoms with Crippen LogP contribution >= 0.6 is 23.2 Å². The van der Waals surface area contributed by atoms with Gasteiger partial charge in [-0.05, 0) is 12.1 Å². The number of nitrogens with one attached hydrogen (secondary N) is 1. The lowest BCUT2D eigenvalue weighted by molar-refractivity contribution is 0.276. The number of hydrogen-bond donors (Lipinski definition) is 2.